The summed E-state index contributed by atoms with van der Waals surface area (Å²) in [5, 5.41) is 9.77. The van der Waals surface area contributed by atoms with E-state index in [0.29, 0.717) is 6.04 Å². The van der Waals surface area contributed by atoms with Crippen LogP contribution in [-0.4, -0.2) is 46.6 Å². The molecular weight excluding hydrogens is 270 g/mol. The van der Waals surface area contributed by atoms with E-state index in [1.807, 2.05) is 42.1 Å². The molecule has 0 bridgehead atoms. The van der Waals surface area contributed by atoms with Crippen LogP contribution in [0.2, 0.25) is 0 Å². The van der Waals surface area contributed by atoms with Crippen molar-refractivity contribution in [2.24, 2.45) is 0 Å². The number of hydrogen-bond acceptors (Lipinski definition) is 3. The lowest BCUT2D eigenvalue weighted by atomic mass is 9.72. The van der Waals surface area contributed by atoms with E-state index >= 15 is 0 Å². The third-order valence-electron chi connectivity index (χ3n) is 4.81. The van der Waals surface area contributed by atoms with Gasteiger partial charge in [0, 0.05) is 11.8 Å². The predicted molar refractivity (Wildman–Crippen MR) is 82.3 cm³/mol. The van der Waals surface area contributed by atoms with E-state index in [1.54, 1.807) is 0 Å². The minimum atomic E-state index is -0.677. The molecule has 2 aliphatic heterocycles. The van der Waals surface area contributed by atoms with Crippen molar-refractivity contribution in [3.8, 4) is 0 Å². The monoisotopic (exact) mass is 291 g/mol. The molecule has 0 aliphatic carbocycles. The zero-order chi connectivity index (χ0) is 14.0. The first-order valence-electron chi connectivity index (χ1n) is 7.33. The number of piperidine rings is 1. The number of benzene rings is 1. The Hall–Kier alpha value is -1.00. The summed E-state index contributed by atoms with van der Waals surface area (Å²) in [7, 11) is 0. The fourth-order valence-electron chi connectivity index (χ4n) is 3.46. The van der Waals surface area contributed by atoms with Crippen molar-refractivity contribution in [2.75, 3.05) is 24.6 Å². The summed E-state index contributed by atoms with van der Waals surface area (Å²) < 4.78 is 0. The highest BCUT2D eigenvalue weighted by atomic mass is 32.2. The van der Waals surface area contributed by atoms with Gasteiger partial charge in [-0.05, 0) is 43.7 Å². The first-order chi connectivity index (χ1) is 9.72. The molecule has 3 rings (SSSR count). The van der Waals surface area contributed by atoms with Crippen LogP contribution in [0.15, 0.2) is 30.3 Å². The topological polar surface area (TPSA) is 40.5 Å². The largest absolute Gasteiger partial charge is 0.481 e. The molecule has 3 nitrogen and oxygen atoms in total. The maximum absolute atomic E-state index is 11.9. The smallest absolute Gasteiger partial charge is 0.314 e. The van der Waals surface area contributed by atoms with Gasteiger partial charge in [-0.25, -0.2) is 0 Å². The molecule has 0 saturated carbocycles. The van der Waals surface area contributed by atoms with Gasteiger partial charge in [0.2, 0.25) is 0 Å². The van der Waals surface area contributed by atoms with Crippen LogP contribution in [0, 0.1) is 0 Å². The van der Waals surface area contributed by atoms with Gasteiger partial charge in [0.15, 0.2) is 0 Å². The van der Waals surface area contributed by atoms with E-state index in [1.165, 1.54) is 17.9 Å². The van der Waals surface area contributed by atoms with Crippen LogP contribution in [0.25, 0.3) is 0 Å². The number of nitrogens with zero attached hydrogens (tertiary/aromatic N) is 1. The molecule has 20 heavy (non-hydrogen) atoms. The van der Waals surface area contributed by atoms with Crippen LogP contribution >= 0.6 is 11.8 Å². The van der Waals surface area contributed by atoms with Crippen molar-refractivity contribution in [1.82, 2.24) is 4.90 Å². The Bertz CT molecular complexity index is 463. The lowest BCUT2D eigenvalue weighted by molar-refractivity contribution is -0.146. The molecule has 1 N–H and O–H groups in total. The minimum absolute atomic E-state index is 0.663. The number of carboxylic acids is 1. The number of thioether (sulfide) groups is 1. The summed E-state index contributed by atoms with van der Waals surface area (Å²) in [6.07, 6.45) is 2.72. The van der Waals surface area contributed by atoms with Crippen molar-refractivity contribution in [1.29, 1.82) is 0 Å². The Kier molecular flexibility index (Phi) is 4.03. The van der Waals surface area contributed by atoms with E-state index in [-0.39, 0.29) is 0 Å². The van der Waals surface area contributed by atoms with Crippen LogP contribution < -0.4 is 0 Å². The molecule has 1 aromatic rings. The van der Waals surface area contributed by atoms with Crippen LogP contribution in [0.1, 0.15) is 24.8 Å². The maximum Gasteiger partial charge on any atom is 0.314 e. The van der Waals surface area contributed by atoms with Gasteiger partial charge in [0.05, 0.1) is 5.41 Å². The van der Waals surface area contributed by atoms with E-state index in [4.69, 9.17) is 0 Å². The lowest BCUT2D eigenvalue weighted by Crippen LogP contribution is -2.50. The second-order valence-corrected chi connectivity index (χ2v) is 6.96. The van der Waals surface area contributed by atoms with E-state index in [0.717, 1.165) is 31.5 Å². The lowest BCUT2D eigenvalue weighted by Gasteiger charge is -2.41. The SMILES string of the molecule is O=C(O)C1(c2ccccc2)CCN(C2CCSC2)CC1. The van der Waals surface area contributed by atoms with E-state index in [2.05, 4.69) is 4.90 Å². The first kappa shape index (κ1) is 14.0. The normalized spacial score (nSPS) is 26.5. The molecule has 2 fully saturated rings. The Labute approximate surface area is 124 Å². The number of hydrogen-bond donors (Lipinski definition) is 1. The number of carbonyl (C=O) groups is 1. The van der Waals surface area contributed by atoms with Gasteiger partial charge >= 0.3 is 5.97 Å². The maximum atomic E-state index is 11.9. The molecule has 1 atom stereocenters. The van der Waals surface area contributed by atoms with Gasteiger partial charge in [-0.15, -0.1) is 0 Å². The summed E-state index contributed by atoms with van der Waals surface area (Å²) in [5.74, 6) is 1.80. The molecule has 0 radical (unpaired) electrons. The average Bonchev–Trinajstić information content (AvgIpc) is 3.02. The standard InChI is InChI=1S/C16H21NO2S/c18-15(19)16(13-4-2-1-3-5-13)7-9-17(10-8-16)14-6-11-20-12-14/h1-5,14H,6-12H2,(H,18,19). The van der Waals surface area contributed by atoms with Crippen molar-refractivity contribution in [2.45, 2.75) is 30.7 Å². The summed E-state index contributed by atoms with van der Waals surface area (Å²) in [5.41, 5.74) is 0.289. The summed E-state index contributed by atoms with van der Waals surface area (Å²) in [4.78, 5) is 14.4. The first-order valence-corrected chi connectivity index (χ1v) is 8.48. The van der Waals surface area contributed by atoms with Gasteiger partial charge in [-0.3, -0.25) is 9.69 Å². The zero-order valence-electron chi connectivity index (χ0n) is 11.6. The molecular formula is C16H21NO2S. The molecule has 2 aliphatic rings. The molecule has 0 amide bonds. The zero-order valence-corrected chi connectivity index (χ0v) is 12.4. The Balaban J connectivity index is 1.76. The number of rotatable bonds is 3. The predicted octanol–water partition coefficient (Wildman–Crippen LogP) is 2.61. The number of carboxylic acid groups (broad SMARTS) is 1. The van der Waals surface area contributed by atoms with Crippen LogP contribution in [0.5, 0.6) is 0 Å². The number of likely N-dealkylation sites (tertiary alicyclic amines) is 1. The molecule has 1 unspecified atom stereocenters. The van der Waals surface area contributed by atoms with Gasteiger partial charge in [-0.1, -0.05) is 30.3 Å². The third-order valence-corrected chi connectivity index (χ3v) is 5.95. The van der Waals surface area contributed by atoms with Crippen LogP contribution in [-0.2, 0) is 10.2 Å². The van der Waals surface area contributed by atoms with Crippen molar-refractivity contribution in [3.63, 3.8) is 0 Å². The summed E-state index contributed by atoms with van der Waals surface area (Å²) in [6.45, 7) is 1.82. The highest BCUT2D eigenvalue weighted by Crippen LogP contribution is 2.37. The molecule has 0 aromatic heterocycles. The summed E-state index contributed by atoms with van der Waals surface area (Å²) >= 11 is 2.02. The molecule has 4 heteroatoms. The Morgan fingerprint density at radius 1 is 1.25 bits per heavy atom. The highest BCUT2D eigenvalue weighted by molar-refractivity contribution is 7.99. The van der Waals surface area contributed by atoms with Crippen LogP contribution in [0.3, 0.4) is 0 Å². The quantitative estimate of drug-likeness (QED) is 0.929. The molecule has 1 aromatic carbocycles. The molecule has 2 saturated heterocycles. The average molecular weight is 291 g/mol. The van der Waals surface area contributed by atoms with E-state index in [9.17, 15) is 9.90 Å². The Morgan fingerprint density at radius 3 is 2.50 bits per heavy atom. The fourth-order valence-corrected chi connectivity index (χ4v) is 4.72. The van der Waals surface area contributed by atoms with Gasteiger partial charge < -0.3 is 5.11 Å². The van der Waals surface area contributed by atoms with Crippen molar-refractivity contribution in [3.05, 3.63) is 35.9 Å². The second kappa shape index (κ2) is 5.78. The highest BCUT2D eigenvalue weighted by Gasteiger charge is 2.44. The number of aliphatic carboxylic acids is 1. The second-order valence-electron chi connectivity index (χ2n) is 5.81. The van der Waals surface area contributed by atoms with Gasteiger partial charge in [0.25, 0.3) is 0 Å². The molecule has 0 spiro atoms. The Morgan fingerprint density at radius 2 is 1.95 bits per heavy atom. The van der Waals surface area contributed by atoms with Crippen molar-refractivity contribution >= 4 is 17.7 Å². The van der Waals surface area contributed by atoms with Crippen molar-refractivity contribution < 1.29 is 9.90 Å². The fraction of sp³-hybridized carbons (Fsp3) is 0.562. The van der Waals surface area contributed by atoms with Gasteiger partial charge in [0.1, 0.15) is 0 Å². The minimum Gasteiger partial charge on any atom is -0.481 e. The summed E-state index contributed by atoms with van der Waals surface area (Å²) in [6, 6.07) is 10.4. The van der Waals surface area contributed by atoms with Crippen LogP contribution in [0.4, 0.5) is 0 Å². The van der Waals surface area contributed by atoms with Gasteiger partial charge in [-0.2, -0.15) is 11.8 Å². The molecule has 2 heterocycles. The van der Waals surface area contributed by atoms with E-state index < -0.39 is 11.4 Å². The third kappa shape index (κ3) is 2.47. The molecule has 108 valence electrons.